The summed E-state index contributed by atoms with van der Waals surface area (Å²) in [6, 6.07) is 19.2. The highest BCUT2D eigenvalue weighted by molar-refractivity contribution is 6.84. The second kappa shape index (κ2) is 11.5. The van der Waals surface area contributed by atoms with Crippen LogP contribution in [0.15, 0.2) is 60.7 Å². The molecule has 0 amide bonds. The lowest BCUT2D eigenvalue weighted by Crippen LogP contribution is -2.50. The van der Waals surface area contributed by atoms with Gasteiger partial charge in [0.05, 0.1) is 0 Å². The predicted octanol–water partition coefficient (Wildman–Crippen LogP) is 8.16. The van der Waals surface area contributed by atoms with Crippen molar-refractivity contribution in [1.82, 2.24) is 0 Å². The normalized spacial score (nSPS) is 14.0. The molecule has 2 nitrogen and oxygen atoms in total. The molecule has 0 saturated carbocycles. The van der Waals surface area contributed by atoms with E-state index < -0.39 is 16.6 Å². The van der Waals surface area contributed by atoms with Crippen LogP contribution in [0.5, 0.6) is 5.75 Å². The van der Waals surface area contributed by atoms with Crippen molar-refractivity contribution in [3.8, 4) is 5.75 Å². The number of hydrogen-bond donors (Lipinski definition) is 0. The van der Waals surface area contributed by atoms with E-state index in [0.29, 0.717) is 16.6 Å². The van der Waals surface area contributed by atoms with E-state index >= 15 is 0 Å². The molecule has 2 aromatic rings. The Balaban J connectivity index is 1.98. The van der Waals surface area contributed by atoms with Crippen LogP contribution >= 0.6 is 0 Å². The Kier molecular flexibility index (Phi) is 9.56. The van der Waals surface area contributed by atoms with Crippen molar-refractivity contribution in [3.63, 3.8) is 0 Å². The monoisotopic (exact) mass is 468 g/mol. The third kappa shape index (κ3) is 6.69. The maximum absolute atomic E-state index is 6.78. The Morgan fingerprint density at radius 3 is 1.78 bits per heavy atom. The summed E-state index contributed by atoms with van der Waals surface area (Å²) < 4.78 is 13.3. The summed E-state index contributed by atoms with van der Waals surface area (Å²) in [4.78, 5) is 0. The molecule has 0 aliphatic rings. The standard InChI is InChI=1S/C28H44O2Si2/c1-22(2)32(23(3)4,24(5)6)30-27-20-18-26(19-21-27)15-13-14-25(7)29-31(8,9)28-16-11-10-12-17-28/h10-13,15-25H,14H2,1-9H3/b15-13-. The molecule has 176 valence electrons. The largest absolute Gasteiger partial charge is 0.543 e. The van der Waals surface area contributed by atoms with Gasteiger partial charge in [0.25, 0.3) is 8.32 Å². The van der Waals surface area contributed by atoms with E-state index in [1.807, 2.05) is 0 Å². The van der Waals surface area contributed by atoms with Gasteiger partial charge in [-0.1, -0.05) is 96.2 Å². The van der Waals surface area contributed by atoms with Crippen molar-refractivity contribution < 1.29 is 8.85 Å². The average Bonchev–Trinajstić information content (AvgIpc) is 2.72. The van der Waals surface area contributed by atoms with Gasteiger partial charge in [-0.15, -0.1) is 0 Å². The summed E-state index contributed by atoms with van der Waals surface area (Å²) in [6.45, 7) is 20.7. The molecule has 2 aromatic carbocycles. The van der Waals surface area contributed by atoms with Crippen LogP contribution < -0.4 is 9.61 Å². The van der Waals surface area contributed by atoms with Gasteiger partial charge in [-0.05, 0) is 65.9 Å². The quantitative estimate of drug-likeness (QED) is 0.310. The molecule has 0 radical (unpaired) electrons. The van der Waals surface area contributed by atoms with E-state index in [1.54, 1.807) is 0 Å². The van der Waals surface area contributed by atoms with Crippen molar-refractivity contribution in [2.75, 3.05) is 0 Å². The van der Waals surface area contributed by atoms with Crippen molar-refractivity contribution in [1.29, 1.82) is 0 Å². The van der Waals surface area contributed by atoms with Gasteiger partial charge in [-0.3, -0.25) is 0 Å². The molecule has 0 fully saturated rings. The predicted molar refractivity (Wildman–Crippen MR) is 146 cm³/mol. The topological polar surface area (TPSA) is 18.5 Å². The fourth-order valence-corrected chi connectivity index (χ4v) is 12.5. The molecular weight excluding hydrogens is 424 g/mol. The Morgan fingerprint density at radius 2 is 1.28 bits per heavy atom. The Morgan fingerprint density at radius 1 is 0.750 bits per heavy atom. The van der Waals surface area contributed by atoms with E-state index in [2.05, 4.69) is 128 Å². The maximum atomic E-state index is 6.78. The van der Waals surface area contributed by atoms with E-state index in [1.165, 1.54) is 10.8 Å². The van der Waals surface area contributed by atoms with Crippen molar-refractivity contribution in [2.24, 2.45) is 0 Å². The minimum Gasteiger partial charge on any atom is -0.543 e. The van der Waals surface area contributed by atoms with Gasteiger partial charge in [-0.2, -0.15) is 0 Å². The summed E-state index contributed by atoms with van der Waals surface area (Å²) in [5.74, 6) is 1.01. The maximum Gasteiger partial charge on any atom is 0.258 e. The van der Waals surface area contributed by atoms with Crippen LogP contribution in [0.2, 0.25) is 29.7 Å². The van der Waals surface area contributed by atoms with Crippen LogP contribution in [0, 0.1) is 0 Å². The molecule has 1 atom stereocenters. The van der Waals surface area contributed by atoms with E-state index in [-0.39, 0.29) is 6.10 Å². The van der Waals surface area contributed by atoms with Crippen LogP contribution in [-0.4, -0.2) is 22.7 Å². The molecule has 0 N–H and O–H groups in total. The van der Waals surface area contributed by atoms with Gasteiger partial charge >= 0.3 is 0 Å². The second-order valence-corrected chi connectivity index (χ2v) is 19.6. The molecule has 0 aliphatic carbocycles. The Bertz CT molecular complexity index is 818. The summed E-state index contributed by atoms with van der Waals surface area (Å²) in [5, 5.41) is 1.34. The lowest BCUT2D eigenvalue weighted by molar-refractivity contribution is 0.221. The molecule has 0 spiro atoms. The molecule has 0 aliphatic heterocycles. The van der Waals surface area contributed by atoms with E-state index in [0.717, 1.165) is 12.2 Å². The lowest BCUT2D eigenvalue weighted by Gasteiger charge is -2.42. The van der Waals surface area contributed by atoms with Gasteiger partial charge in [-0.25, -0.2) is 0 Å². The Labute approximate surface area is 199 Å². The van der Waals surface area contributed by atoms with Crippen molar-refractivity contribution in [3.05, 3.63) is 66.2 Å². The highest BCUT2D eigenvalue weighted by atomic mass is 28.4. The zero-order valence-corrected chi connectivity index (χ0v) is 23.7. The fraction of sp³-hybridized carbons (Fsp3) is 0.500. The highest BCUT2D eigenvalue weighted by Gasteiger charge is 2.46. The molecule has 0 aromatic heterocycles. The van der Waals surface area contributed by atoms with Crippen molar-refractivity contribution in [2.45, 2.75) is 90.7 Å². The van der Waals surface area contributed by atoms with E-state index in [4.69, 9.17) is 8.85 Å². The first-order valence-corrected chi connectivity index (χ1v) is 17.2. The molecule has 0 heterocycles. The summed E-state index contributed by atoms with van der Waals surface area (Å²) in [7, 11) is -3.78. The van der Waals surface area contributed by atoms with Gasteiger partial charge < -0.3 is 8.85 Å². The van der Waals surface area contributed by atoms with Crippen LogP contribution in [0.4, 0.5) is 0 Å². The number of benzene rings is 2. The summed E-state index contributed by atoms with van der Waals surface area (Å²) in [6.07, 6.45) is 5.53. The lowest BCUT2D eigenvalue weighted by atomic mass is 10.2. The van der Waals surface area contributed by atoms with Crippen molar-refractivity contribution >= 4 is 27.9 Å². The molecule has 0 bridgehead atoms. The van der Waals surface area contributed by atoms with Crippen LogP contribution in [0.1, 0.15) is 60.5 Å². The fourth-order valence-electron chi connectivity index (χ4n) is 5.06. The number of rotatable bonds is 11. The molecular formula is C28H44O2Si2. The van der Waals surface area contributed by atoms with Gasteiger partial charge in [0.1, 0.15) is 5.75 Å². The van der Waals surface area contributed by atoms with Crippen LogP contribution in [0.25, 0.3) is 6.08 Å². The van der Waals surface area contributed by atoms with Crippen LogP contribution in [-0.2, 0) is 4.43 Å². The third-order valence-corrected chi connectivity index (χ3v) is 15.3. The van der Waals surface area contributed by atoms with Crippen LogP contribution in [0.3, 0.4) is 0 Å². The first-order valence-electron chi connectivity index (χ1n) is 12.2. The highest BCUT2D eigenvalue weighted by Crippen LogP contribution is 2.42. The van der Waals surface area contributed by atoms with E-state index in [9.17, 15) is 0 Å². The second-order valence-electron chi connectivity index (χ2n) is 10.4. The smallest absolute Gasteiger partial charge is 0.258 e. The number of hydrogen-bond acceptors (Lipinski definition) is 2. The van der Waals surface area contributed by atoms with Gasteiger partial charge in [0.15, 0.2) is 0 Å². The van der Waals surface area contributed by atoms with Gasteiger partial charge in [0.2, 0.25) is 8.32 Å². The average molecular weight is 469 g/mol. The minimum atomic E-state index is -1.91. The first kappa shape index (κ1) is 26.6. The third-order valence-electron chi connectivity index (χ3n) is 6.62. The summed E-state index contributed by atoms with van der Waals surface area (Å²) >= 11 is 0. The molecule has 4 heteroatoms. The molecule has 32 heavy (non-hydrogen) atoms. The first-order chi connectivity index (χ1) is 15.0. The zero-order chi connectivity index (χ0) is 23.9. The zero-order valence-electron chi connectivity index (χ0n) is 21.7. The SMILES string of the molecule is CC(C/C=C\c1ccc(O[Si](C(C)C)(C(C)C)C(C)C)cc1)O[Si](C)(C)c1ccccc1. The molecule has 2 rings (SSSR count). The molecule has 1 unspecified atom stereocenters. The Hall–Kier alpha value is -1.63. The summed E-state index contributed by atoms with van der Waals surface area (Å²) in [5.41, 5.74) is 2.93. The molecule has 0 saturated heterocycles. The van der Waals surface area contributed by atoms with Gasteiger partial charge in [0, 0.05) is 6.10 Å². The minimum absolute atomic E-state index is 0.200.